The van der Waals surface area contributed by atoms with Crippen LogP contribution < -0.4 is 5.32 Å². The highest BCUT2D eigenvalue weighted by atomic mass is 127. The molecule has 2 aliphatic rings. The van der Waals surface area contributed by atoms with Gasteiger partial charge in [-0.3, -0.25) is 19.8 Å². The third-order valence-corrected chi connectivity index (χ3v) is 5.86. The Balaban J connectivity index is 0.00000363. The second-order valence-corrected chi connectivity index (χ2v) is 8.16. The summed E-state index contributed by atoms with van der Waals surface area (Å²) >= 11 is 0. The second-order valence-electron chi connectivity index (χ2n) is 8.16. The van der Waals surface area contributed by atoms with Crippen molar-refractivity contribution in [2.24, 2.45) is 4.99 Å². The molecule has 0 bridgehead atoms. The smallest absolute Gasteiger partial charge is 0.269 e. The Hall–Kier alpha value is -1.95. The van der Waals surface area contributed by atoms with E-state index in [0.29, 0.717) is 13.1 Å². The molecule has 2 fully saturated rings. The lowest BCUT2D eigenvalue weighted by atomic mass is 10.2. The Morgan fingerprint density at radius 2 is 1.75 bits per heavy atom. The van der Waals surface area contributed by atoms with E-state index in [9.17, 15) is 14.9 Å². The van der Waals surface area contributed by atoms with Crippen LogP contribution in [0.1, 0.15) is 38.2 Å². The summed E-state index contributed by atoms with van der Waals surface area (Å²) in [6, 6.07) is 6.60. The zero-order valence-electron chi connectivity index (χ0n) is 18.9. The summed E-state index contributed by atoms with van der Waals surface area (Å²) in [7, 11) is 0. The fourth-order valence-electron chi connectivity index (χ4n) is 4.09. The Bertz CT molecular complexity index is 775. The molecular weight excluding hydrogens is 523 g/mol. The number of nitro benzene ring substituents is 1. The lowest BCUT2D eigenvalue weighted by Gasteiger charge is -2.37. The van der Waals surface area contributed by atoms with Gasteiger partial charge >= 0.3 is 0 Å². The molecule has 1 N–H and O–H groups in total. The average molecular weight is 558 g/mol. The molecule has 2 heterocycles. The Labute approximate surface area is 207 Å². The van der Waals surface area contributed by atoms with Gasteiger partial charge < -0.3 is 15.1 Å². The van der Waals surface area contributed by atoms with Crippen LogP contribution >= 0.6 is 24.0 Å². The molecule has 0 atom stereocenters. The minimum Gasteiger partial charge on any atom is -0.357 e. The molecule has 0 saturated carbocycles. The summed E-state index contributed by atoms with van der Waals surface area (Å²) in [4.78, 5) is 34.4. The lowest BCUT2D eigenvalue weighted by molar-refractivity contribution is -0.384. The van der Waals surface area contributed by atoms with E-state index in [2.05, 4.69) is 15.1 Å². The molecule has 0 aliphatic carbocycles. The zero-order valence-corrected chi connectivity index (χ0v) is 21.2. The molecule has 2 aliphatic heterocycles. The number of hydrogen-bond acceptors (Lipinski definition) is 5. The van der Waals surface area contributed by atoms with E-state index >= 15 is 0 Å². The molecule has 3 rings (SSSR count). The van der Waals surface area contributed by atoms with Gasteiger partial charge in [0.15, 0.2) is 5.96 Å². The quantitative estimate of drug-likeness (QED) is 0.190. The van der Waals surface area contributed by atoms with E-state index in [-0.39, 0.29) is 40.5 Å². The maximum Gasteiger partial charge on any atom is 0.269 e. The number of rotatable bonds is 6. The van der Waals surface area contributed by atoms with Crippen LogP contribution in [0.3, 0.4) is 0 Å². The summed E-state index contributed by atoms with van der Waals surface area (Å²) in [5.74, 6) is 1.06. The first-order valence-electron chi connectivity index (χ1n) is 11.3. The molecule has 0 aromatic heterocycles. The first kappa shape index (κ1) is 26.3. The van der Waals surface area contributed by atoms with Gasteiger partial charge in [-0.15, -0.1) is 24.0 Å². The highest BCUT2D eigenvalue weighted by Crippen LogP contribution is 2.14. The Kier molecular flexibility index (Phi) is 11.1. The maximum absolute atomic E-state index is 12.7. The number of guanidine groups is 1. The molecule has 10 heteroatoms. The van der Waals surface area contributed by atoms with Gasteiger partial charge in [0.05, 0.1) is 18.0 Å². The largest absolute Gasteiger partial charge is 0.357 e. The molecule has 0 spiro atoms. The fourth-order valence-corrected chi connectivity index (χ4v) is 4.09. The van der Waals surface area contributed by atoms with E-state index in [0.717, 1.165) is 70.2 Å². The predicted molar refractivity (Wildman–Crippen MR) is 136 cm³/mol. The Morgan fingerprint density at radius 1 is 1.06 bits per heavy atom. The molecule has 9 nitrogen and oxygen atoms in total. The van der Waals surface area contributed by atoms with Crippen molar-refractivity contribution in [2.45, 2.75) is 39.2 Å². The summed E-state index contributed by atoms with van der Waals surface area (Å²) in [5, 5.41) is 14.3. The van der Waals surface area contributed by atoms with Crippen molar-refractivity contribution in [3.8, 4) is 0 Å². The number of amides is 1. The second kappa shape index (κ2) is 13.6. The third-order valence-electron chi connectivity index (χ3n) is 5.86. The van der Waals surface area contributed by atoms with Gasteiger partial charge in [0.25, 0.3) is 5.69 Å². The van der Waals surface area contributed by atoms with Crippen molar-refractivity contribution in [3.63, 3.8) is 0 Å². The molecule has 32 heavy (non-hydrogen) atoms. The minimum absolute atomic E-state index is 0. The summed E-state index contributed by atoms with van der Waals surface area (Å²) < 4.78 is 0. The molecule has 1 amide bonds. The van der Waals surface area contributed by atoms with Crippen molar-refractivity contribution < 1.29 is 9.72 Å². The van der Waals surface area contributed by atoms with Crippen LogP contribution in [0.25, 0.3) is 0 Å². The van der Waals surface area contributed by atoms with Gasteiger partial charge in [0, 0.05) is 57.9 Å². The number of hydrogen-bond donors (Lipinski definition) is 1. The number of likely N-dealkylation sites (tertiary alicyclic amines) is 1. The van der Waals surface area contributed by atoms with Crippen LogP contribution in [0.15, 0.2) is 29.3 Å². The number of nitrogens with zero attached hydrogens (tertiary/aromatic N) is 5. The number of nitrogens with one attached hydrogen (secondary N) is 1. The van der Waals surface area contributed by atoms with Crippen LogP contribution in [0, 0.1) is 10.1 Å². The van der Waals surface area contributed by atoms with E-state index in [1.807, 2.05) is 17.9 Å². The van der Waals surface area contributed by atoms with E-state index in [4.69, 9.17) is 4.99 Å². The fraction of sp³-hybridized carbons (Fsp3) is 0.636. The van der Waals surface area contributed by atoms with Crippen molar-refractivity contribution in [3.05, 3.63) is 39.9 Å². The van der Waals surface area contributed by atoms with Gasteiger partial charge in [0.2, 0.25) is 5.91 Å². The van der Waals surface area contributed by atoms with Crippen molar-refractivity contribution >= 4 is 41.5 Å². The number of non-ortho nitro benzene ring substituents is 1. The van der Waals surface area contributed by atoms with Gasteiger partial charge in [-0.25, -0.2) is 4.99 Å². The monoisotopic (exact) mass is 558 g/mol. The number of nitro groups is 1. The normalized spacial score (nSPS) is 18.0. The number of piperazine rings is 1. The van der Waals surface area contributed by atoms with Crippen LogP contribution in [0.4, 0.5) is 5.69 Å². The highest BCUT2D eigenvalue weighted by molar-refractivity contribution is 14.0. The van der Waals surface area contributed by atoms with Crippen LogP contribution in [0.2, 0.25) is 0 Å². The van der Waals surface area contributed by atoms with E-state index in [1.54, 1.807) is 12.1 Å². The molecule has 2 saturated heterocycles. The van der Waals surface area contributed by atoms with Gasteiger partial charge in [0.1, 0.15) is 0 Å². The summed E-state index contributed by atoms with van der Waals surface area (Å²) in [6.45, 7) is 8.69. The number of benzene rings is 1. The van der Waals surface area contributed by atoms with Crippen LogP contribution in [-0.2, 0) is 11.3 Å². The lowest BCUT2D eigenvalue weighted by Crippen LogP contribution is -2.54. The highest BCUT2D eigenvalue weighted by Gasteiger charge is 2.23. The molecule has 1 aromatic carbocycles. The van der Waals surface area contributed by atoms with Crippen molar-refractivity contribution in [2.75, 3.05) is 52.4 Å². The molecule has 0 radical (unpaired) electrons. The number of aliphatic imine (C=N–C) groups is 1. The minimum atomic E-state index is -0.384. The van der Waals surface area contributed by atoms with E-state index in [1.165, 1.54) is 18.9 Å². The molecule has 178 valence electrons. The first-order chi connectivity index (χ1) is 15.1. The van der Waals surface area contributed by atoms with Gasteiger partial charge in [-0.1, -0.05) is 25.0 Å². The molecular formula is C22H35IN6O3. The van der Waals surface area contributed by atoms with Crippen molar-refractivity contribution in [1.29, 1.82) is 0 Å². The van der Waals surface area contributed by atoms with Crippen LogP contribution in [-0.4, -0.2) is 83.8 Å². The zero-order chi connectivity index (χ0) is 22.1. The summed E-state index contributed by atoms with van der Waals surface area (Å²) in [5.41, 5.74) is 0.895. The Morgan fingerprint density at radius 3 is 2.38 bits per heavy atom. The predicted octanol–water partition coefficient (Wildman–Crippen LogP) is 2.70. The summed E-state index contributed by atoms with van der Waals surface area (Å²) in [6.07, 6.45) is 4.69. The molecule has 1 aromatic rings. The van der Waals surface area contributed by atoms with E-state index < -0.39 is 0 Å². The number of carbonyl (C=O) groups excluding carboxylic acids is 1. The first-order valence-corrected chi connectivity index (χ1v) is 11.3. The molecule has 0 unspecified atom stereocenters. The topological polar surface area (TPSA) is 94.3 Å². The average Bonchev–Trinajstić information content (AvgIpc) is 3.07. The number of halogens is 1. The number of carbonyl (C=O) groups is 1. The van der Waals surface area contributed by atoms with Crippen molar-refractivity contribution in [1.82, 2.24) is 20.0 Å². The van der Waals surface area contributed by atoms with Crippen LogP contribution in [0.5, 0.6) is 0 Å². The third kappa shape index (κ3) is 7.88. The standard InChI is InChI=1S/C22H34N6O3.HI/c1-2-23-22(24-17-19-8-7-9-20(16-19)28(30)31)27-14-12-25(13-15-27)18-21(29)26-10-5-3-4-6-11-26;/h7-9,16H,2-6,10-15,17-18H2,1H3,(H,23,24);1H. The van der Waals surface area contributed by atoms with Gasteiger partial charge in [-0.2, -0.15) is 0 Å². The van der Waals surface area contributed by atoms with Gasteiger partial charge in [-0.05, 0) is 25.3 Å². The SMILES string of the molecule is CCNC(=NCc1cccc([N+](=O)[O-])c1)N1CCN(CC(=O)N2CCCCCC2)CC1.I. The maximum atomic E-state index is 12.7.